The summed E-state index contributed by atoms with van der Waals surface area (Å²) in [4.78, 5) is 27.1. The summed E-state index contributed by atoms with van der Waals surface area (Å²) in [5.41, 5.74) is 1.84. The molecule has 0 aliphatic carbocycles. The van der Waals surface area contributed by atoms with Crippen molar-refractivity contribution in [1.82, 2.24) is 10.2 Å². The first-order valence-electron chi connectivity index (χ1n) is 9.46. The normalized spacial score (nSPS) is 11.6. The standard InChI is InChI=1S/C22H27ClN2O3/c1-4-20(22(27)24-5-2)25(14-17-10-6-7-12-19(17)23)21(26)15-28-18-11-8-9-16(3)13-18/h6-13,20H,4-5,14-15H2,1-3H3,(H,24,27). The molecule has 6 heteroatoms. The van der Waals surface area contributed by atoms with Crippen LogP contribution in [0.1, 0.15) is 31.4 Å². The summed E-state index contributed by atoms with van der Waals surface area (Å²) in [6, 6.07) is 14.2. The number of rotatable bonds is 9. The van der Waals surface area contributed by atoms with E-state index in [1.165, 1.54) is 0 Å². The number of nitrogens with one attached hydrogen (secondary N) is 1. The Morgan fingerprint density at radius 1 is 1.14 bits per heavy atom. The van der Waals surface area contributed by atoms with Crippen LogP contribution in [-0.4, -0.2) is 35.9 Å². The molecular weight excluding hydrogens is 376 g/mol. The Balaban J connectivity index is 2.21. The van der Waals surface area contributed by atoms with Gasteiger partial charge in [0.2, 0.25) is 5.91 Å². The molecule has 0 radical (unpaired) electrons. The van der Waals surface area contributed by atoms with E-state index in [9.17, 15) is 9.59 Å². The summed E-state index contributed by atoms with van der Waals surface area (Å²) >= 11 is 6.28. The third-order valence-corrected chi connectivity index (χ3v) is 4.76. The Morgan fingerprint density at radius 2 is 1.89 bits per heavy atom. The number of ether oxygens (including phenoxy) is 1. The molecule has 0 spiro atoms. The van der Waals surface area contributed by atoms with Gasteiger partial charge in [0.15, 0.2) is 6.61 Å². The summed E-state index contributed by atoms with van der Waals surface area (Å²) in [6.07, 6.45) is 0.493. The Labute approximate surface area is 171 Å². The van der Waals surface area contributed by atoms with Crippen molar-refractivity contribution in [3.05, 3.63) is 64.7 Å². The van der Waals surface area contributed by atoms with Crippen LogP contribution in [0, 0.1) is 6.92 Å². The fraction of sp³-hybridized carbons (Fsp3) is 0.364. The molecule has 0 saturated carbocycles. The van der Waals surface area contributed by atoms with E-state index in [0.29, 0.717) is 23.7 Å². The summed E-state index contributed by atoms with van der Waals surface area (Å²) in [7, 11) is 0. The van der Waals surface area contributed by atoms with Crippen molar-refractivity contribution in [2.24, 2.45) is 0 Å². The van der Waals surface area contributed by atoms with Crippen LogP contribution in [0.25, 0.3) is 0 Å². The van der Waals surface area contributed by atoms with Crippen molar-refractivity contribution >= 4 is 23.4 Å². The molecule has 1 atom stereocenters. The van der Waals surface area contributed by atoms with Crippen molar-refractivity contribution in [1.29, 1.82) is 0 Å². The van der Waals surface area contributed by atoms with Crippen LogP contribution in [0.4, 0.5) is 0 Å². The molecule has 5 nitrogen and oxygen atoms in total. The molecule has 0 aliphatic rings. The van der Waals surface area contributed by atoms with Crippen molar-refractivity contribution in [3.63, 3.8) is 0 Å². The lowest BCUT2D eigenvalue weighted by atomic mass is 10.1. The van der Waals surface area contributed by atoms with Crippen LogP contribution < -0.4 is 10.1 Å². The fourth-order valence-electron chi connectivity index (χ4n) is 2.95. The maximum Gasteiger partial charge on any atom is 0.261 e. The van der Waals surface area contributed by atoms with Gasteiger partial charge in [-0.2, -0.15) is 0 Å². The highest BCUT2D eigenvalue weighted by atomic mass is 35.5. The van der Waals surface area contributed by atoms with E-state index in [4.69, 9.17) is 16.3 Å². The Kier molecular flexibility index (Phi) is 8.33. The van der Waals surface area contributed by atoms with Gasteiger partial charge in [-0.25, -0.2) is 0 Å². The largest absolute Gasteiger partial charge is 0.484 e. The zero-order valence-corrected chi connectivity index (χ0v) is 17.3. The Hall–Kier alpha value is -2.53. The molecule has 2 aromatic rings. The van der Waals surface area contributed by atoms with E-state index in [1.54, 1.807) is 17.0 Å². The maximum atomic E-state index is 13.0. The quantitative estimate of drug-likeness (QED) is 0.690. The molecule has 0 bridgehead atoms. The summed E-state index contributed by atoms with van der Waals surface area (Å²) in [6.45, 7) is 6.29. The molecule has 28 heavy (non-hydrogen) atoms. The average Bonchev–Trinajstić information content (AvgIpc) is 2.67. The fourth-order valence-corrected chi connectivity index (χ4v) is 3.15. The van der Waals surface area contributed by atoms with E-state index in [1.807, 2.05) is 57.2 Å². The third-order valence-electron chi connectivity index (χ3n) is 4.39. The van der Waals surface area contributed by atoms with Gasteiger partial charge in [-0.15, -0.1) is 0 Å². The second kappa shape index (κ2) is 10.7. The first-order chi connectivity index (χ1) is 13.5. The van der Waals surface area contributed by atoms with Crippen molar-refractivity contribution < 1.29 is 14.3 Å². The number of nitrogens with zero attached hydrogens (tertiary/aromatic N) is 1. The number of carbonyl (C=O) groups is 2. The molecule has 0 aromatic heterocycles. The van der Waals surface area contributed by atoms with Gasteiger partial charge < -0.3 is 15.0 Å². The number of benzene rings is 2. The van der Waals surface area contributed by atoms with Gasteiger partial charge in [0.05, 0.1) is 0 Å². The highest BCUT2D eigenvalue weighted by Gasteiger charge is 2.29. The molecule has 2 amide bonds. The number of likely N-dealkylation sites (N-methyl/N-ethyl adjacent to an activating group) is 1. The number of hydrogen-bond donors (Lipinski definition) is 1. The van der Waals surface area contributed by atoms with Gasteiger partial charge in [0, 0.05) is 18.1 Å². The lowest BCUT2D eigenvalue weighted by molar-refractivity contribution is -0.142. The molecule has 2 rings (SSSR count). The number of amides is 2. The number of hydrogen-bond acceptors (Lipinski definition) is 3. The van der Waals surface area contributed by atoms with Gasteiger partial charge in [-0.3, -0.25) is 9.59 Å². The highest BCUT2D eigenvalue weighted by molar-refractivity contribution is 6.31. The Bertz CT molecular complexity index is 810. The van der Waals surface area contributed by atoms with E-state index >= 15 is 0 Å². The monoisotopic (exact) mass is 402 g/mol. The molecule has 150 valence electrons. The predicted molar refractivity (Wildman–Crippen MR) is 111 cm³/mol. The molecule has 0 aliphatic heterocycles. The van der Waals surface area contributed by atoms with E-state index in [0.717, 1.165) is 11.1 Å². The van der Waals surface area contributed by atoms with Crippen LogP contribution in [0.3, 0.4) is 0 Å². The molecule has 1 unspecified atom stereocenters. The van der Waals surface area contributed by atoms with E-state index in [-0.39, 0.29) is 25.0 Å². The minimum absolute atomic E-state index is 0.149. The van der Waals surface area contributed by atoms with Gasteiger partial charge in [0.1, 0.15) is 11.8 Å². The SMILES string of the molecule is CCNC(=O)C(CC)N(Cc1ccccc1Cl)C(=O)COc1cccc(C)c1. The molecule has 2 aromatic carbocycles. The lowest BCUT2D eigenvalue weighted by Crippen LogP contribution is -2.50. The second-order valence-corrected chi connectivity index (χ2v) is 6.94. The second-order valence-electron chi connectivity index (χ2n) is 6.54. The molecule has 0 fully saturated rings. The van der Waals surface area contributed by atoms with Gasteiger partial charge >= 0.3 is 0 Å². The zero-order valence-electron chi connectivity index (χ0n) is 16.6. The highest BCUT2D eigenvalue weighted by Crippen LogP contribution is 2.20. The van der Waals surface area contributed by atoms with Gasteiger partial charge in [-0.1, -0.05) is 48.9 Å². The maximum absolute atomic E-state index is 13.0. The zero-order chi connectivity index (χ0) is 20.5. The van der Waals surface area contributed by atoms with Crippen molar-refractivity contribution in [2.45, 2.75) is 39.8 Å². The van der Waals surface area contributed by atoms with Gasteiger partial charge in [-0.05, 0) is 49.6 Å². The first kappa shape index (κ1) is 21.8. The van der Waals surface area contributed by atoms with Crippen LogP contribution in [0.2, 0.25) is 5.02 Å². The van der Waals surface area contributed by atoms with Crippen LogP contribution >= 0.6 is 11.6 Å². The third kappa shape index (κ3) is 5.99. The number of halogens is 1. The summed E-state index contributed by atoms with van der Waals surface area (Å²) < 4.78 is 5.68. The Morgan fingerprint density at radius 3 is 2.54 bits per heavy atom. The molecule has 1 N–H and O–H groups in total. The minimum Gasteiger partial charge on any atom is -0.484 e. The van der Waals surface area contributed by atoms with Crippen molar-refractivity contribution in [2.75, 3.05) is 13.2 Å². The van der Waals surface area contributed by atoms with Crippen LogP contribution in [-0.2, 0) is 16.1 Å². The smallest absolute Gasteiger partial charge is 0.261 e. The summed E-state index contributed by atoms with van der Waals surface area (Å²) in [5, 5.41) is 3.37. The first-order valence-corrected chi connectivity index (χ1v) is 9.84. The molecular formula is C22H27ClN2O3. The van der Waals surface area contributed by atoms with Crippen LogP contribution in [0.5, 0.6) is 5.75 Å². The van der Waals surface area contributed by atoms with E-state index < -0.39 is 6.04 Å². The predicted octanol–water partition coefficient (Wildman–Crippen LogP) is 3.97. The topological polar surface area (TPSA) is 58.6 Å². The number of aryl methyl sites for hydroxylation is 1. The molecule has 0 saturated heterocycles. The number of carbonyl (C=O) groups excluding carboxylic acids is 2. The van der Waals surface area contributed by atoms with E-state index in [2.05, 4.69) is 5.32 Å². The minimum atomic E-state index is -0.593. The summed E-state index contributed by atoms with van der Waals surface area (Å²) in [5.74, 6) is 0.178. The van der Waals surface area contributed by atoms with Gasteiger partial charge in [0.25, 0.3) is 5.91 Å². The van der Waals surface area contributed by atoms with Crippen LogP contribution in [0.15, 0.2) is 48.5 Å². The molecule has 0 heterocycles. The average molecular weight is 403 g/mol. The lowest BCUT2D eigenvalue weighted by Gasteiger charge is -2.30. The van der Waals surface area contributed by atoms with Crippen molar-refractivity contribution in [3.8, 4) is 5.75 Å².